The van der Waals surface area contributed by atoms with E-state index in [0.717, 1.165) is 0 Å². The smallest absolute Gasteiger partial charge is 0.304 e. The molecular formula is C11H16N4O5S. The third kappa shape index (κ3) is 4.68. The maximum Gasteiger partial charge on any atom is 0.304 e. The van der Waals surface area contributed by atoms with Crippen molar-refractivity contribution in [2.45, 2.75) is 6.92 Å². The van der Waals surface area contributed by atoms with Gasteiger partial charge in [0.25, 0.3) is 5.91 Å². The molecule has 0 atom stereocenters. The standard InChI is InChI=1S/C11H16N4O5S/c1-2-14-21(19,20)7-6-13-11(16)8-4-3-5-9(12)10(8)15(17)18/h3-5,14H,2,6-7,12H2,1H3,(H,13,16). The average molecular weight is 316 g/mol. The van der Waals surface area contributed by atoms with Crippen molar-refractivity contribution in [1.29, 1.82) is 0 Å². The number of nitrogens with two attached hydrogens (primary N) is 1. The summed E-state index contributed by atoms with van der Waals surface area (Å²) in [5.74, 6) is -1.07. The molecular weight excluding hydrogens is 300 g/mol. The van der Waals surface area contributed by atoms with Crippen LogP contribution in [0.1, 0.15) is 17.3 Å². The summed E-state index contributed by atoms with van der Waals surface area (Å²) in [6.45, 7) is 1.71. The minimum atomic E-state index is -3.47. The first-order chi connectivity index (χ1) is 9.78. The highest BCUT2D eigenvalue weighted by Crippen LogP contribution is 2.25. The van der Waals surface area contributed by atoms with E-state index in [-0.39, 0.29) is 30.1 Å². The van der Waals surface area contributed by atoms with Crippen molar-refractivity contribution >= 4 is 27.3 Å². The third-order valence-corrected chi connectivity index (χ3v) is 3.99. The van der Waals surface area contributed by atoms with E-state index in [1.165, 1.54) is 18.2 Å². The van der Waals surface area contributed by atoms with Crippen LogP contribution in [0.2, 0.25) is 0 Å². The molecule has 0 spiro atoms. The number of sulfonamides is 1. The maximum atomic E-state index is 11.9. The van der Waals surface area contributed by atoms with Gasteiger partial charge in [-0.05, 0) is 12.1 Å². The summed E-state index contributed by atoms with van der Waals surface area (Å²) in [5, 5.41) is 13.2. The Morgan fingerprint density at radius 1 is 1.43 bits per heavy atom. The maximum absolute atomic E-state index is 11.9. The molecule has 0 saturated carbocycles. The lowest BCUT2D eigenvalue weighted by atomic mass is 10.1. The molecule has 1 aromatic carbocycles. The summed E-state index contributed by atoms with van der Waals surface area (Å²) in [5.41, 5.74) is 4.64. The second-order valence-corrected chi connectivity index (χ2v) is 6.00. The molecule has 0 fully saturated rings. The molecule has 10 heteroatoms. The zero-order valence-electron chi connectivity index (χ0n) is 11.3. The van der Waals surface area contributed by atoms with Gasteiger partial charge in [0, 0.05) is 13.1 Å². The molecule has 0 aliphatic rings. The van der Waals surface area contributed by atoms with Crippen LogP contribution in [0.3, 0.4) is 0 Å². The normalized spacial score (nSPS) is 11.1. The molecule has 0 radical (unpaired) electrons. The summed E-state index contributed by atoms with van der Waals surface area (Å²) >= 11 is 0. The number of hydrogen-bond donors (Lipinski definition) is 3. The Labute approximate surface area is 121 Å². The monoisotopic (exact) mass is 316 g/mol. The Morgan fingerprint density at radius 3 is 2.67 bits per heavy atom. The molecule has 1 aromatic rings. The molecule has 0 saturated heterocycles. The van der Waals surface area contributed by atoms with Crippen LogP contribution in [0.4, 0.5) is 11.4 Å². The number of nitrogen functional groups attached to an aromatic ring is 1. The summed E-state index contributed by atoms with van der Waals surface area (Å²) in [6, 6.07) is 3.97. The second kappa shape index (κ2) is 6.99. The van der Waals surface area contributed by atoms with E-state index in [1.807, 2.05) is 0 Å². The van der Waals surface area contributed by atoms with Crippen molar-refractivity contribution < 1.29 is 18.1 Å². The van der Waals surface area contributed by atoms with Gasteiger partial charge >= 0.3 is 5.69 Å². The van der Waals surface area contributed by atoms with Gasteiger partial charge in [0.15, 0.2) is 0 Å². The van der Waals surface area contributed by atoms with E-state index >= 15 is 0 Å². The fraction of sp³-hybridized carbons (Fsp3) is 0.364. The Hall–Kier alpha value is -2.20. The molecule has 0 unspecified atom stereocenters. The highest BCUT2D eigenvalue weighted by Gasteiger charge is 2.23. The highest BCUT2D eigenvalue weighted by atomic mass is 32.2. The predicted octanol–water partition coefficient (Wildman–Crippen LogP) is -0.154. The third-order valence-electron chi connectivity index (χ3n) is 2.52. The van der Waals surface area contributed by atoms with Crippen LogP contribution in [0, 0.1) is 10.1 Å². The van der Waals surface area contributed by atoms with Gasteiger partial charge in [0.1, 0.15) is 11.3 Å². The van der Waals surface area contributed by atoms with E-state index < -0.39 is 26.5 Å². The number of carbonyl (C=O) groups is 1. The van der Waals surface area contributed by atoms with Crippen molar-refractivity contribution in [1.82, 2.24) is 10.0 Å². The molecule has 0 aliphatic carbocycles. The van der Waals surface area contributed by atoms with Crippen LogP contribution >= 0.6 is 0 Å². The lowest BCUT2D eigenvalue weighted by Gasteiger charge is -2.08. The Morgan fingerprint density at radius 2 is 2.10 bits per heavy atom. The van der Waals surface area contributed by atoms with Gasteiger partial charge in [-0.3, -0.25) is 14.9 Å². The largest absolute Gasteiger partial charge is 0.393 e. The van der Waals surface area contributed by atoms with Crippen molar-refractivity contribution in [2.75, 3.05) is 24.6 Å². The quantitative estimate of drug-likeness (QED) is 0.362. The van der Waals surface area contributed by atoms with Crippen molar-refractivity contribution in [3.8, 4) is 0 Å². The van der Waals surface area contributed by atoms with Gasteiger partial charge in [-0.15, -0.1) is 0 Å². The van der Waals surface area contributed by atoms with Crippen LogP contribution in [-0.4, -0.2) is 38.1 Å². The van der Waals surface area contributed by atoms with E-state index in [4.69, 9.17) is 5.73 Å². The topological polar surface area (TPSA) is 144 Å². The van der Waals surface area contributed by atoms with Gasteiger partial charge in [-0.1, -0.05) is 13.0 Å². The minimum Gasteiger partial charge on any atom is -0.393 e. The summed E-state index contributed by atoms with van der Waals surface area (Å²) in [7, 11) is -3.47. The SMILES string of the molecule is CCNS(=O)(=O)CCNC(=O)c1cccc(N)c1[N+](=O)[O-]. The first-order valence-corrected chi connectivity index (χ1v) is 7.72. The number of nitrogens with zero attached hydrogens (tertiary/aromatic N) is 1. The molecule has 1 rings (SSSR count). The number of rotatable bonds is 7. The molecule has 21 heavy (non-hydrogen) atoms. The number of anilines is 1. The van der Waals surface area contributed by atoms with Gasteiger partial charge in [0.05, 0.1) is 10.7 Å². The number of benzene rings is 1. The molecule has 4 N–H and O–H groups in total. The average Bonchev–Trinajstić information content (AvgIpc) is 2.37. The van der Waals surface area contributed by atoms with E-state index in [9.17, 15) is 23.3 Å². The van der Waals surface area contributed by atoms with E-state index in [1.54, 1.807) is 6.92 Å². The van der Waals surface area contributed by atoms with Crippen LogP contribution in [0.25, 0.3) is 0 Å². The minimum absolute atomic E-state index is 0.132. The summed E-state index contributed by atoms with van der Waals surface area (Å²) in [6.07, 6.45) is 0. The van der Waals surface area contributed by atoms with Crippen LogP contribution < -0.4 is 15.8 Å². The number of amides is 1. The zero-order valence-corrected chi connectivity index (χ0v) is 12.1. The Balaban J connectivity index is 2.78. The van der Waals surface area contributed by atoms with Crippen molar-refractivity contribution in [3.63, 3.8) is 0 Å². The Bertz CT molecular complexity index is 644. The molecule has 0 heterocycles. The fourth-order valence-electron chi connectivity index (χ4n) is 1.63. The van der Waals surface area contributed by atoms with Crippen LogP contribution in [-0.2, 0) is 10.0 Å². The summed E-state index contributed by atoms with van der Waals surface area (Å²) < 4.78 is 25.0. The van der Waals surface area contributed by atoms with Crippen LogP contribution in [0.5, 0.6) is 0 Å². The van der Waals surface area contributed by atoms with Crippen molar-refractivity contribution in [2.24, 2.45) is 0 Å². The predicted molar refractivity (Wildman–Crippen MR) is 77.3 cm³/mol. The van der Waals surface area contributed by atoms with Gasteiger partial charge in [-0.2, -0.15) is 0 Å². The van der Waals surface area contributed by atoms with Gasteiger partial charge in [0.2, 0.25) is 10.0 Å². The number of hydrogen-bond acceptors (Lipinski definition) is 6. The number of carbonyl (C=O) groups excluding carboxylic acids is 1. The molecule has 1 amide bonds. The van der Waals surface area contributed by atoms with E-state index in [0.29, 0.717) is 0 Å². The fourth-order valence-corrected chi connectivity index (χ4v) is 2.59. The molecule has 0 bridgehead atoms. The van der Waals surface area contributed by atoms with Crippen molar-refractivity contribution in [3.05, 3.63) is 33.9 Å². The molecule has 9 nitrogen and oxygen atoms in total. The number of para-hydroxylation sites is 1. The number of nitro benzene ring substituents is 1. The van der Waals surface area contributed by atoms with Crippen LogP contribution in [0.15, 0.2) is 18.2 Å². The van der Waals surface area contributed by atoms with Gasteiger partial charge < -0.3 is 11.1 Å². The lowest BCUT2D eigenvalue weighted by molar-refractivity contribution is -0.384. The number of nitro groups is 1. The highest BCUT2D eigenvalue weighted by molar-refractivity contribution is 7.89. The molecule has 0 aliphatic heterocycles. The zero-order chi connectivity index (χ0) is 16.0. The number of nitrogens with one attached hydrogen (secondary N) is 2. The lowest BCUT2D eigenvalue weighted by Crippen LogP contribution is -2.34. The molecule has 116 valence electrons. The van der Waals surface area contributed by atoms with Gasteiger partial charge in [-0.25, -0.2) is 13.1 Å². The molecule has 0 aromatic heterocycles. The first kappa shape index (κ1) is 16.9. The summed E-state index contributed by atoms with van der Waals surface area (Å²) in [4.78, 5) is 22.0. The first-order valence-electron chi connectivity index (χ1n) is 6.07. The second-order valence-electron chi connectivity index (χ2n) is 4.07. The van der Waals surface area contributed by atoms with E-state index in [2.05, 4.69) is 10.0 Å². The Kier molecular flexibility index (Phi) is 5.61.